The van der Waals surface area contributed by atoms with E-state index in [1.165, 1.54) is 13.3 Å². The van der Waals surface area contributed by atoms with E-state index in [4.69, 9.17) is 14.2 Å². The largest absolute Gasteiger partial charge is 0.504 e. The van der Waals surface area contributed by atoms with Crippen LogP contribution in [0, 0.1) is 3.57 Å². The van der Waals surface area contributed by atoms with E-state index >= 15 is 0 Å². The summed E-state index contributed by atoms with van der Waals surface area (Å²) in [4.78, 5) is 12.3. The van der Waals surface area contributed by atoms with E-state index in [9.17, 15) is 9.90 Å². The van der Waals surface area contributed by atoms with Crippen LogP contribution in [0.2, 0.25) is 0 Å². The summed E-state index contributed by atoms with van der Waals surface area (Å²) in [5.41, 5.74) is 3.56. The van der Waals surface area contributed by atoms with Crippen LogP contribution < -0.4 is 19.6 Å². The molecule has 0 aliphatic rings. The number of hydrazone groups is 1. The number of hydrogen-bond donors (Lipinski definition) is 2. The first-order valence-corrected chi connectivity index (χ1v) is 9.87. The summed E-state index contributed by atoms with van der Waals surface area (Å²) < 4.78 is 16.9. The minimum absolute atomic E-state index is 0.0844. The molecule has 0 aliphatic carbocycles. The third-order valence-electron chi connectivity index (χ3n) is 3.62. The maximum Gasteiger partial charge on any atom is 0.271 e. The van der Waals surface area contributed by atoms with Gasteiger partial charge in [-0.3, -0.25) is 4.79 Å². The molecular formula is C20H23IN2O5. The number of carbonyl (C=O) groups excluding carboxylic acids is 1. The summed E-state index contributed by atoms with van der Waals surface area (Å²) in [6.45, 7) is 4.85. The molecule has 1 amide bonds. The quantitative estimate of drug-likeness (QED) is 0.311. The molecule has 0 fully saturated rings. The SMILES string of the molecule is CCCOc1ccc(C(=O)N/N=C/c2cc(I)c(O)c(OCC)c2)cc1OC. The molecule has 0 saturated heterocycles. The first-order valence-electron chi connectivity index (χ1n) is 8.79. The number of methoxy groups -OCH3 is 1. The van der Waals surface area contributed by atoms with E-state index in [0.717, 1.165) is 6.42 Å². The molecule has 28 heavy (non-hydrogen) atoms. The van der Waals surface area contributed by atoms with Crippen LogP contribution in [-0.2, 0) is 0 Å². The van der Waals surface area contributed by atoms with Crippen LogP contribution in [0.3, 0.4) is 0 Å². The molecule has 0 heterocycles. The standard InChI is InChI=1S/C20H23IN2O5/c1-4-8-28-16-7-6-14(11-17(16)26-3)20(25)23-22-12-13-9-15(21)19(24)18(10-13)27-5-2/h6-7,9-12,24H,4-5,8H2,1-3H3,(H,23,25)/b22-12+. The molecule has 2 N–H and O–H groups in total. The van der Waals surface area contributed by atoms with Crippen molar-refractivity contribution in [2.24, 2.45) is 5.10 Å². The highest BCUT2D eigenvalue weighted by Gasteiger charge is 2.11. The van der Waals surface area contributed by atoms with Crippen molar-refractivity contribution in [3.8, 4) is 23.0 Å². The minimum Gasteiger partial charge on any atom is -0.504 e. The van der Waals surface area contributed by atoms with E-state index in [1.54, 1.807) is 30.3 Å². The van der Waals surface area contributed by atoms with Crippen LogP contribution in [0.15, 0.2) is 35.4 Å². The number of benzene rings is 2. The molecular weight excluding hydrogens is 475 g/mol. The Bertz CT molecular complexity index is 855. The summed E-state index contributed by atoms with van der Waals surface area (Å²) >= 11 is 2.01. The zero-order valence-corrected chi connectivity index (χ0v) is 18.1. The van der Waals surface area contributed by atoms with Gasteiger partial charge in [0, 0.05) is 5.56 Å². The van der Waals surface area contributed by atoms with Gasteiger partial charge in [-0.15, -0.1) is 0 Å². The molecule has 8 heteroatoms. The number of ether oxygens (including phenoxy) is 3. The fraction of sp³-hybridized carbons (Fsp3) is 0.300. The molecule has 0 saturated carbocycles. The summed E-state index contributed by atoms with van der Waals surface area (Å²) in [6, 6.07) is 8.34. The molecule has 7 nitrogen and oxygen atoms in total. The maximum atomic E-state index is 12.3. The zero-order valence-electron chi connectivity index (χ0n) is 16.0. The smallest absolute Gasteiger partial charge is 0.271 e. The lowest BCUT2D eigenvalue weighted by atomic mass is 10.2. The van der Waals surface area contributed by atoms with E-state index in [1.807, 2.05) is 36.4 Å². The summed E-state index contributed by atoms with van der Waals surface area (Å²) in [6.07, 6.45) is 2.36. The number of phenolic OH excluding ortho intramolecular Hbond substituents is 1. The average Bonchev–Trinajstić information content (AvgIpc) is 2.70. The molecule has 2 aromatic rings. The highest BCUT2D eigenvalue weighted by Crippen LogP contribution is 2.32. The Kier molecular flexibility index (Phi) is 8.37. The van der Waals surface area contributed by atoms with Gasteiger partial charge in [0.05, 0.1) is 30.1 Å². The number of halogens is 1. The molecule has 0 aromatic heterocycles. The first kappa shape index (κ1) is 21.8. The van der Waals surface area contributed by atoms with Crippen LogP contribution >= 0.6 is 22.6 Å². The number of amides is 1. The number of aromatic hydroxyl groups is 1. The van der Waals surface area contributed by atoms with E-state index in [2.05, 4.69) is 10.5 Å². The van der Waals surface area contributed by atoms with Crippen molar-refractivity contribution in [3.05, 3.63) is 45.0 Å². The van der Waals surface area contributed by atoms with Gasteiger partial charge in [0.1, 0.15) is 0 Å². The van der Waals surface area contributed by atoms with E-state index in [-0.39, 0.29) is 11.7 Å². The number of nitrogens with one attached hydrogen (secondary N) is 1. The number of nitrogens with zero attached hydrogens (tertiary/aromatic N) is 1. The average molecular weight is 498 g/mol. The topological polar surface area (TPSA) is 89.4 Å². The van der Waals surface area contributed by atoms with Crippen LogP contribution in [0.25, 0.3) is 0 Å². The van der Waals surface area contributed by atoms with Gasteiger partial charge in [0.25, 0.3) is 5.91 Å². The molecule has 0 unspecified atom stereocenters. The van der Waals surface area contributed by atoms with Crippen molar-refractivity contribution in [1.29, 1.82) is 0 Å². The molecule has 0 radical (unpaired) electrons. The van der Waals surface area contributed by atoms with Gasteiger partial charge < -0.3 is 19.3 Å². The van der Waals surface area contributed by atoms with Gasteiger partial charge in [-0.05, 0) is 71.8 Å². The van der Waals surface area contributed by atoms with Gasteiger partial charge in [-0.25, -0.2) is 5.43 Å². The second-order valence-electron chi connectivity index (χ2n) is 5.70. The molecule has 0 spiro atoms. The maximum absolute atomic E-state index is 12.3. The highest BCUT2D eigenvalue weighted by molar-refractivity contribution is 14.1. The van der Waals surface area contributed by atoms with Crippen molar-refractivity contribution in [2.45, 2.75) is 20.3 Å². The zero-order chi connectivity index (χ0) is 20.5. The Morgan fingerprint density at radius 2 is 1.96 bits per heavy atom. The Morgan fingerprint density at radius 3 is 2.64 bits per heavy atom. The predicted molar refractivity (Wildman–Crippen MR) is 116 cm³/mol. The highest BCUT2D eigenvalue weighted by atomic mass is 127. The Labute approximate surface area is 177 Å². The molecule has 0 bridgehead atoms. The van der Waals surface area contributed by atoms with E-state index < -0.39 is 0 Å². The van der Waals surface area contributed by atoms with Crippen LogP contribution in [0.1, 0.15) is 36.2 Å². The van der Waals surface area contributed by atoms with Crippen LogP contribution in [0.4, 0.5) is 0 Å². The number of phenols is 1. The lowest BCUT2D eigenvalue weighted by Gasteiger charge is -2.11. The summed E-state index contributed by atoms with van der Waals surface area (Å²) in [7, 11) is 1.52. The Balaban J connectivity index is 2.09. The fourth-order valence-corrected chi connectivity index (χ4v) is 2.93. The van der Waals surface area contributed by atoms with Gasteiger partial charge in [0.15, 0.2) is 23.0 Å². The molecule has 150 valence electrons. The van der Waals surface area contributed by atoms with Crippen molar-refractivity contribution in [3.63, 3.8) is 0 Å². The van der Waals surface area contributed by atoms with Gasteiger partial charge >= 0.3 is 0 Å². The first-order chi connectivity index (χ1) is 13.5. The van der Waals surface area contributed by atoms with Crippen LogP contribution in [-0.4, -0.2) is 37.6 Å². The minimum atomic E-state index is -0.380. The van der Waals surface area contributed by atoms with Crippen molar-refractivity contribution >= 4 is 34.7 Å². The normalized spacial score (nSPS) is 10.7. The molecule has 2 aromatic carbocycles. The molecule has 0 aliphatic heterocycles. The number of rotatable bonds is 9. The van der Waals surface area contributed by atoms with Gasteiger partial charge in [-0.2, -0.15) is 5.10 Å². The summed E-state index contributed by atoms with van der Waals surface area (Å²) in [5.74, 6) is 1.15. The fourth-order valence-electron chi connectivity index (χ4n) is 2.30. The lowest BCUT2D eigenvalue weighted by Crippen LogP contribution is -2.17. The Hall–Kier alpha value is -2.49. The predicted octanol–water partition coefficient (Wildman–Crippen LogP) is 3.96. The number of hydrogen-bond acceptors (Lipinski definition) is 6. The summed E-state index contributed by atoms with van der Waals surface area (Å²) in [5, 5.41) is 14.0. The van der Waals surface area contributed by atoms with Gasteiger partial charge in [-0.1, -0.05) is 6.92 Å². The Morgan fingerprint density at radius 1 is 1.18 bits per heavy atom. The molecule has 2 rings (SSSR count). The second-order valence-corrected chi connectivity index (χ2v) is 6.86. The van der Waals surface area contributed by atoms with Crippen molar-refractivity contribution in [2.75, 3.05) is 20.3 Å². The molecule has 0 atom stereocenters. The van der Waals surface area contributed by atoms with E-state index in [0.29, 0.717) is 45.2 Å². The van der Waals surface area contributed by atoms with Crippen molar-refractivity contribution in [1.82, 2.24) is 5.43 Å². The third kappa shape index (κ3) is 5.75. The second kappa shape index (κ2) is 10.7. The van der Waals surface area contributed by atoms with Crippen LogP contribution in [0.5, 0.6) is 23.0 Å². The van der Waals surface area contributed by atoms with Gasteiger partial charge in [0.2, 0.25) is 0 Å². The third-order valence-corrected chi connectivity index (χ3v) is 4.44. The van der Waals surface area contributed by atoms with Crippen molar-refractivity contribution < 1.29 is 24.1 Å². The number of carbonyl (C=O) groups is 1. The monoisotopic (exact) mass is 498 g/mol. The lowest BCUT2D eigenvalue weighted by molar-refractivity contribution is 0.0954.